The number of unbranched alkanes of at least 4 members (excludes halogenated alkanes) is 1. The molecule has 2 aromatic rings. The van der Waals surface area contributed by atoms with Crippen LogP contribution in [0.4, 0.5) is 4.79 Å². The lowest BCUT2D eigenvalue weighted by Gasteiger charge is -2.13. The fourth-order valence-electron chi connectivity index (χ4n) is 2.92. The highest BCUT2D eigenvalue weighted by molar-refractivity contribution is 5.79. The lowest BCUT2D eigenvalue weighted by molar-refractivity contribution is 0.147. The fraction of sp³-hybridized carbons (Fsp3) is 0.250. The van der Waals surface area contributed by atoms with Crippen LogP contribution in [0.25, 0.3) is 11.1 Å². The summed E-state index contributed by atoms with van der Waals surface area (Å²) in [5.41, 5.74) is 4.86. The molecule has 1 N–H and O–H groups in total. The van der Waals surface area contributed by atoms with Crippen LogP contribution in [0, 0.1) is 12.0 Å². The molecule has 1 amide bonds. The molecule has 0 heterocycles. The van der Waals surface area contributed by atoms with Gasteiger partial charge in [-0.25, -0.2) is 10.1 Å². The van der Waals surface area contributed by atoms with E-state index in [2.05, 4.69) is 41.5 Å². The Labute approximate surface area is 136 Å². The third-order valence-electron chi connectivity index (χ3n) is 3.97. The van der Waals surface area contributed by atoms with E-state index in [0.717, 1.165) is 12.8 Å². The zero-order chi connectivity index (χ0) is 16.1. The average Bonchev–Trinajstić information content (AvgIpc) is 2.91. The van der Waals surface area contributed by atoms with Gasteiger partial charge in [0.15, 0.2) is 0 Å². The van der Waals surface area contributed by atoms with Crippen LogP contribution in [0.3, 0.4) is 0 Å². The molecule has 3 nitrogen and oxygen atoms in total. The second-order valence-electron chi connectivity index (χ2n) is 5.50. The van der Waals surface area contributed by atoms with Crippen molar-refractivity contribution in [2.75, 3.05) is 6.61 Å². The highest BCUT2D eigenvalue weighted by Crippen LogP contribution is 2.44. The van der Waals surface area contributed by atoms with E-state index in [1.54, 1.807) is 0 Å². The number of hydrogen-bond acceptors (Lipinski definition) is 2. The highest BCUT2D eigenvalue weighted by Gasteiger charge is 2.28. The minimum atomic E-state index is -0.490. The monoisotopic (exact) mass is 305 g/mol. The molecule has 0 spiro atoms. The number of alkyl carbamates (subject to hydrolysis) is 1. The largest absolute Gasteiger partial charge is 0.448 e. The summed E-state index contributed by atoms with van der Waals surface area (Å²) in [6.45, 7) is 2.36. The minimum absolute atomic E-state index is 0.0803. The van der Waals surface area contributed by atoms with Gasteiger partial charge in [-0.05, 0) is 28.7 Å². The van der Waals surface area contributed by atoms with E-state index in [1.165, 1.54) is 22.3 Å². The molecule has 1 aliphatic carbocycles. The summed E-state index contributed by atoms with van der Waals surface area (Å²) >= 11 is 0. The van der Waals surface area contributed by atoms with Crippen LogP contribution in [0.1, 0.15) is 36.8 Å². The van der Waals surface area contributed by atoms with Crippen molar-refractivity contribution in [3.05, 3.63) is 59.7 Å². The first-order valence-electron chi connectivity index (χ1n) is 7.90. The van der Waals surface area contributed by atoms with Crippen molar-refractivity contribution in [3.63, 3.8) is 0 Å². The molecule has 0 fully saturated rings. The first kappa shape index (κ1) is 15.2. The summed E-state index contributed by atoms with van der Waals surface area (Å²) in [5, 5.41) is 2.47. The van der Waals surface area contributed by atoms with Crippen LogP contribution in [0.15, 0.2) is 48.5 Å². The maximum atomic E-state index is 11.8. The Morgan fingerprint density at radius 2 is 1.70 bits per heavy atom. The molecule has 2 aromatic carbocycles. The maximum Gasteiger partial charge on any atom is 0.418 e. The zero-order valence-electron chi connectivity index (χ0n) is 13.1. The van der Waals surface area contributed by atoms with Crippen molar-refractivity contribution in [1.82, 2.24) is 5.32 Å². The quantitative estimate of drug-likeness (QED) is 0.678. The first-order valence-corrected chi connectivity index (χ1v) is 7.90. The summed E-state index contributed by atoms with van der Waals surface area (Å²) in [5.74, 6) is 2.94. The van der Waals surface area contributed by atoms with Crippen molar-refractivity contribution in [3.8, 4) is 23.1 Å². The molecule has 1 aliphatic rings. The normalized spacial score (nSPS) is 11.9. The minimum Gasteiger partial charge on any atom is -0.448 e. The second-order valence-corrected chi connectivity index (χ2v) is 5.50. The summed E-state index contributed by atoms with van der Waals surface area (Å²) in [6.07, 6.45) is 1.25. The number of benzene rings is 2. The third-order valence-corrected chi connectivity index (χ3v) is 3.97. The Balaban J connectivity index is 1.71. The van der Waals surface area contributed by atoms with E-state index in [-0.39, 0.29) is 5.92 Å². The lowest BCUT2D eigenvalue weighted by atomic mass is 9.98. The van der Waals surface area contributed by atoms with Gasteiger partial charge in [0.05, 0.1) is 0 Å². The van der Waals surface area contributed by atoms with Crippen molar-refractivity contribution >= 4 is 6.09 Å². The lowest BCUT2D eigenvalue weighted by Crippen LogP contribution is -2.21. The zero-order valence-corrected chi connectivity index (χ0v) is 13.1. The van der Waals surface area contributed by atoms with Gasteiger partial charge < -0.3 is 4.74 Å². The number of ether oxygens (including phenoxy) is 1. The van der Waals surface area contributed by atoms with E-state index >= 15 is 0 Å². The van der Waals surface area contributed by atoms with Gasteiger partial charge >= 0.3 is 6.09 Å². The number of rotatable bonds is 3. The van der Waals surface area contributed by atoms with Crippen molar-refractivity contribution < 1.29 is 9.53 Å². The Hall–Kier alpha value is -2.73. The van der Waals surface area contributed by atoms with Gasteiger partial charge in [0.25, 0.3) is 0 Å². The van der Waals surface area contributed by atoms with E-state index in [9.17, 15) is 4.79 Å². The fourth-order valence-corrected chi connectivity index (χ4v) is 2.92. The number of hydrogen-bond donors (Lipinski definition) is 1. The van der Waals surface area contributed by atoms with E-state index in [0.29, 0.717) is 6.61 Å². The van der Waals surface area contributed by atoms with Gasteiger partial charge in [-0.3, -0.25) is 0 Å². The smallest absolute Gasteiger partial charge is 0.418 e. The molecule has 0 atom stereocenters. The van der Waals surface area contributed by atoms with Crippen molar-refractivity contribution in [1.29, 1.82) is 0 Å². The molecule has 23 heavy (non-hydrogen) atoms. The molecule has 0 saturated heterocycles. The number of amides is 1. The van der Waals surface area contributed by atoms with Crippen LogP contribution < -0.4 is 5.32 Å². The van der Waals surface area contributed by atoms with Gasteiger partial charge in [-0.1, -0.05) is 61.4 Å². The molecule has 0 radical (unpaired) electrons. The molecule has 3 rings (SSSR count). The third kappa shape index (κ3) is 3.22. The van der Waals surface area contributed by atoms with E-state index in [4.69, 9.17) is 4.74 Å². The molecule has 0 unspecified atom stereocenters. The van der Waals surface area contributed by atoms with Gasteiger partial charge in [0.1, 0.15) is 6.61 Å². The van der Waals surface area contributed by atoms with Gasteiger partial charge in [-0.2, -0.15) is 0 Å². The number of carbonyl (C=O) groups is 1. The Kier molecular flexibility index (Phi) is 4.63. The van der Waals surface area contributed by atoms with Gasteiger partial charge in [0.2, 0.25) is 0 Å². The first-order chi connectivity index (χ1) is 11.3. The van der Waals surface area contributed by atoms with Crippen LogP contribution in [0.5, 0.6) is 0 Å². The average molecular weight is 305 g/mol. The molecule has 0 bridgehead atoms. The molecule has 0 aromatic heterocycles. The summed E-state index contributed by atoms with van der Waals surface area (Å²) in [4.78, 5) is 11.8. The second kappa shape index (κ2) is 7.02. The molecule has 116 valence electrons. The highest BCUT2D eigenvalue weighted by atomic mass is 16.5. The molecular formula is C20H19NO2. The Morgan fingerprint density at radius 3 is 2.30 bits per heavy atom. The number of fused-ring (bicyclic) bond motifs is 3. The number of nitrogens with one attached hydrogen (secondary N) is 1. The predicted octanol–water partition coefficient (Wildman–Crippen LogP) is 4.29. The summed E-state index contributed by atoms with van der Waals surface area (Å²) in [7, 11) is 0. The molecule has 0 saturated carbocycles. The molecular weight excluding hydrogens is 286 g/mol. The Bertz CT molecular complexity index is 725. The molecule has 0 aliphatic heterocycles. The Morgan fingerprint density at radius 1 is 1.09 bits per heavy atom. The predicted molar refractivity (Wildman–Crippen MR) is 90.9 cm³/mol. The van der Waals surface area contributed by atoms with E-state index < -0.39 is 6.09 Å². The standard InChI is InChI=1S/C20H19NO2/c1-2-3-8-13-21-20(22)23-14-19-17-11-6-4-9-15(17)16-10-5-7-12-18(16)19/h4-7,9-12,19H,2-3,14H2,1H3,(H,21,22). The summed E-state index contributed by atoms with van der Waals surface area (Å²) in [6, 6.07) is 19.2. The van der Waals surface area contributed by atoms with Crippen molar-refractivity contribution in [2.24, 2.45) is 0 Å². The van der Waals surface area contributed by atoms with E-state index in [1.807, 2.05) is 31.2 Å². The van der Waals surface area contributed by atoms with Crippen LogP contribution in [0.2, 0.25) is 0 Å². The van der Waals surface area contributed by atoms with Crippen molar-refractivity contribution in [2.45, 2.75) is 25.7 Å². The van der Waals surface area contributed by atoms with Crippen LogP contribution in [-0.2, 0) is 4.74 Å². The summed E-state index contributed by atoms with van der Waals surface area (Å²) < 4.78 is 5.37. The van der Waals surface area contributed by atoms with Crippen LogP contribution >= 0.6 is 0 Å². The van der Waals surface area contributed by atoms with Gasteiger partial charge in [-0.15, -0.1) is 0 Å². The molecule has 3 heteroatoms. The number of carbonyl (C=O) groups excluding carboxylic acids is 1. The SMILES string of the molecule is CCCC#CNC(=O)OCC1c2ccccc2-c2ccccc21. The van der Waals surface area contributed by atoms with Crippen LogP contribution in [-0.4, -0.2) is 12.7 Å². The van der Waals surface area contributed by atoms with Gasteiger partial charge in [0, 0.05) is 18.4 Å². The topological polar surface area (TPSA) is 38.3 Å². The maximum absolute atomic E-state index is 11.8.